The smallest absolute Gasteiger partial charge is 0.240 e. The van der Waals surface area contributed by atoms with Crippen LogP contribution >= 0.6 is 0 Å². The second-order valence-electron chi connectivity index (χ2n) is 5.17. The molecule has 0 atom stereocenters. The van der Waals surface area contributed by atoms with Gasteiger partial charge < -0.3 is 5.73 Å². The van der Waals surface area contributed by atoms with Gasteiger partial charge in [-0.1, -0.05) is 18.8 Å². The van der Waals surface area contributed by atoms with Gasteiger partial charge in [0.1, 0.15) is 0 Å². The van der Waals surface area contributed by atoms with E-state index in [4.69, 9.17) is 5.73 Å². The summed E-state index contributed by atoms with van der Waals surface area (Å²) in [4.78, 5) is 0.273. The minimum atomic E-state index is -3.41. The van der Waals surface area contributed by atoms with E-state index < -0.39 is 10.0 Å². The van der Waals surface area contributed by atoms with Crippen LogP contribution in [0.4, 0.5) is 0 Å². The van der Waals surface area contributed by atoms with Gasteiger partial charge in [0.25, 0.3) is 0 Å². The van der Waals surface area contributed by atoms with Crippen molar-refractivity contribution >= 4 is 10.0 Å². The molecule has 2 rings (SSSR count). The van der Waals surface area contributed by atoms with Crippen LogP contribution in [-0.2, 0) is 10.0 Å². The Bertz CT molecular complexity index is 605. The molecule has 19 heavy (non-hydrogen) atoms. The molecule has 0 aromatic heterocycles. The summed E-state index contributed by atoms with van der Waals surface area (Å²) >= 11 is 0. The monoisotopic (exact) mass is 278 g/mol. The summed E-state index contributed by atoms with van der Waals surface area (Å²) in [5, 5.41) is 0. The summed E-state index contributed by atoms with van der Waals surface area (Å²) in [5.41, 5.74) is 6.20. The summed E-state index contributed by atoms with van der Waals surface area (Å²) < 4.78 is 26.8. The largest absolute Gasteiger partial charge is 0.320 e. The van der Waals surface area contributed by atoms with E-state index in [9.17, 15) is 8.42 Å². The topological polar surface area (TPSA) is 72.2 Å². The second kappa shape index (κ2) is 5.33. The van der Waals surface area contributed by atoms with Crippen molar-refractivity contribution < 1.29 is 8.42 Å². The summed E-state index contributed by atoms with van der Waals surface area (Å²) in [7, 11) is -3.41. The van der Waals surface area contributed by atoms with Gasteiger partial charge in [-0.05, 0) is 42.5 Å². The molecule has 3 N–H and O–H groups in total. The molecule has 0 aliphatic heterocycles. The quantitative estimate of drug-likeness (QED) is 0.809. The lowest BCUT2D eigenvalue weighted by Crippen LogP contribution is -2.29. The van der Waals surface area contributed by atoms with Crippen LogP contribution in [0.2, 0.25) is 0 Å². The first kappa shape index (κ1) is 14.1. The van der Waals surface area contributed by atoms with Crippen molar-refractivity contribution in [3.05, 3.63) is 29.8 Å². The first-order chi connectivity index (χ1) is 8.95. The summed E-state index contributed by atoms with van der Waals surface area (Å²) in [6, 6.07) is 6.52. The number of nitrogens with two attached hydrogens (primary N) is 1. The Morgan fingerprint density at radius 2 is 1.95 bits per heavy atom. The van der Waals surface area contributed by atoms with Crippen LogP contribution in [0, 0.1) is 17.3 Å². The van der Waals surface area contributed by atoms with E-state index in [1.807, 2.05) is 0 Å². The maximum Gasteiger partial charge on any atom is 0.240 e. The molecule has 0 heterocycles. The SMILES string of the molecule is CC1(CNS(=O)(=O)c2ccc(C#CCN)cc2)CC1. The zero-order valence-electron chi connectivity index (χ0n) is 10.9. The lowest BCUT2D eigenvalue weighted by Gasteiger charge is -2.10. The molecule has 0 spiro atoms. The predicted molar refractivity (Wildman–Crippen MR) is 74.9 cm³/mol. The van der Waals surface area contributed by atoms with Crippen molar-refractivity contribution in [3.63, 3.8) is 0 Å². The average molecular weight is 278 g/mol. The molecule has 1 aliphatic carbocycles. The first-order valence-electron chi connectivity index (χ1n) is 6.24. The highest BCUT2D eigenvalue weighted by atomic mass is 32.2. The average Bonchev–Trinajstić information content (AvgIpc) is 3.13. The van der Waals surface area contributed by atoms with E-state index in [-0.39, 0.29) is 10.3 Å². The fraction of sp³-hybridized carbons (Fsp3) is 0.429. The minimum Gasteiger partial charge on any atom is -0.320 e. The van der Waals surface area contributed by atoms with Crippen LogP contribution < -0.4 is 10.5 Å². The van der Waals surface area contributed by atoms with Crippen molar-refractivity contribution in [2.45, 2.75) is 24.7 Å². The Hall–Kier alpha value is -1.35. The van der Waals surface area contributed by atoms with E-state index in [2.05, 4.69) is 23.5 Å². The number of hydrogen-bond donors (Lipinski definition) is 2. The third kappa shape index (κ3) is 3.80. The molecule has 4 nitrogen and oxygen atoms in total. The molecule has 1 fully saturated rings. The van der Waals surface area contributed by atoms with E-state index >= 15 is 0 Å². The Morgan fingerprint density at radius 1 is 1.32 bits per heavy atom. The molecule has 0 bridgehead atoms. The number of rotatable bonds is 4. The van der Waals surface area contributed by atoms with Crippen molar-refractivity contribution in [1.29, 1.82) is 0 Å². The summed E-state index contributed by atoms with van der Waals surface area (Å²) in [6.45, 7) is 2.88. The fourth-order valence-corrected chi connectivity index (χ4v) is 2.81. The highest BCUT2D eigenvalue weighted by Crippen LogP contribution is 2.44. The minimum absolute atomic E-state index is 0.152. The van der Waals surface area contributed by atoms with Gasteiger partial charge in [0, 0.05) is 12.1 Å². The number of benzene rings is 1. The Balaban J connectivity index is 2.07. The standard InChI is InChI=1S/C14H18N2O2S/c1-14(8-9-14)11-16-19(17,18)13-6-4-12(5-7-13)3-2-10-15/h4-7,16H,8-11,15H2,1H3. The van der Waals surface area contributed by atoms with Crippen molar-refractivity contribution in [2.75, 3.05) is 13.1 Å². The highest BCUT2D eigenvalue weighted by Gasteiger charge is 2.38. The van der Waals surface area contributed by atoms with Gasteiger partial charge in [0.15, 0.2) is 0 Å². The van der Waals surface area contributed by atoms with E-state index in [0.717, 1.165) is 18.4 Å². The maximum atomic E-state index is 12.1. The van der Waals surface area contributed by atoms with Crippen LogP contribution in [0.5, 0.6) is 0 Å². The number of hydrogen-bond acceptors (Lipinski definition) is 3. The van der Waals surface area contributed by atoms with Gasteiger partial charge in [-0.3, -0.25) is 0 Å². The fourth-order valence-electron chi connectivity index (χ4n) is 1.61. The molecule has 0 radical (unpaired) electrons. The zero-order chi connectivity index (χ0) is 13.9. The first-order valence-corrected chi connectivity index (χ1v) is 7.72. The van der Waals surface area contributed by atoms with Gasteiger partial charge in [-0.25, -0.2) is 13.1 Å². The lowest BCUT2D eigenvalue weighted by atomic mass is 10.2. The molecule has 0 unspecified atom stereocenters. The Labute approximate surface area is 114 Å². The molecule has 1 saturated carbocycles. The number of nitrogens with one attached hydrogen (secondary N) is 1. The highest BCUT2D eigenvalue weighted by molar-refractivity contribution is 7.89. The van der Waals surface area contributed by atoms with Gasteiger partial charge in [-0.15, -0.1) is 0 Å². The van der Waals surface area contributed by atoms with Crippen LogP contribution in [0.15, 0.2) is 29.2 Å². The molecule has 1 aromatic rings. The second-order valence-corrected chi connectivity index (χ2v) is 6.93. The molecule has 1 aliphatic rings. The predicted octanol–water partition coefficient (Wildman–Crippen LogP) is 1.08. The number of sulfonamides is 1. The van der Waals surface area contributed by atoms with Crippen molar-refractivity contribution in [3.8, 4) is 11.8 Å². The van der Waals surface area contributed by atoms with E-state index in [1.165, 1.54) is 0 Å². The Kier molecular flexibility index (Phi) is 3.95. The molecular weight excluding hydrogens is 260 g/mol. The van der Waals surface area contributed by atoms with Crippen molar-refractivity contribution in [2.24, 2.45) is 11.1 Å². The van der Waals surface area contributed by atoms with Gasteiger partial charge in [-0.2, -0.15) is 0 Å². The Morgan fingerprint density at radius 3 is 2.47 bits per heavy atom. The lowest BCUT2D eigenvalue weighted by molar-refractivity contribution is 0.530. The van der Waals surface area contributed by atoms with Crippen LogP contribution in [0.1, 0.15) is 25.3 Å². The molecule has 0 amide bonds. The van der Waals surface area contributed by atoms with Gasteiger partial charge in [0.2, 0.25) is 10.0 Å². The normalized spacial score (nSPS) is 16.5. The van der Waals surface area contributed by atoms with Gasteiger partial charge >= 0.3 is 0 Å². The van der Waals surface area contributed by atoms with Crippen molar-refractivity contribution in [1.82, 2.24) is 4.72 Å². The summed E-state index contributed by atoms with van der Waals surface area (Å²) in [6.07, 6.45) is 2.17. The maximum absolute atomic E-state index is 12.1. The third-order valence-electron chi connectivity index (χ3n) is 3.29. The molecule has 102 valence electrons. The van der Waals surface area contributed by atoms with E-state index in [0.29, 0.717) is 13.1 Å². The van der Waals surface area contributed by atoms with Gasteiger partial charge in [0.05, 0.1) is 11.4 Å². The van der Waals surface area contributed by atoms with E-state index in [1.54, 1.807) is 24.3 Å². The zero-order valence-corrected chi connectivity index (χ0v) is 11.8. The molecule has 0 saturated heterocycles. The molecular formula is C14H18N2O2S. The molecule has 1 aromatic carbocycles. The molecule has 5 heteroatoms. The summed E-state index contributed by atoms with van der Waals surface area (Å²) in [5.74, 6) is 5.59. The third-order valence-corrected chi connectivity index (χ3v) is 4.71. The van der Waals surface area contributed by atoms with Crippen LogP contribution in [-0.4, -0.2) is 21.5 Å². The van der Waals surface area contributed by atoms with Crippen LogP contribution in [0.3, 0.4) is 0 Å². The van der Waals surface area contributed by atoms with Crippen LogP contribution in [0.25, 0.3) is 0 Å².